The second-order valence-corrected chi connectivity index (χ2v) is 25.5. The minimum atomic E-state index is -0.409. The molecule has 0 amide bonds. The Kier molecular flexibility index (Phi) is 36.3. The molecule has 12 rings (SSSR count). The predicted octanol–water partition coefficient (Wildman–Crippen LogP) is 13.4. The average molecular weight is 1570 g/mol. The van der Waals surface area contributed by atoms with Gasteiger partial charge in [0.15, 0.2) is 0 Å². The van der Waals surface area contributed by atoms with Gasteiger partial charge in [-0.1, -0.05) is 243 Å². The maximum Gasteiger partial charge on any atom is 2.00 e. The van der Waals surface area contributed by atoms with E-state index in [1.54, 1.807) is 0 Å². The molecule has 8 aromatic rings. The van der Waals surface area contributed by atoms with Crippen LogP contribution in [0.1, 0.15) is 0 Å². The summed E-state index contributed by atoms with van der Waals surface area (Å²) < 4.78 is 0. The smallest absolute Gasteiger partial charge is 0.813 e. The van der Waals surface area contributed by atoms with Gasteiger partial charge in [0.1, 0.15) is 0 Å². The summed E-state index contributed by atoms with van der Waals surface area (Å²) >= 11 is 0. The van der Waals surface area contributed by atoms with Crippen LogP contribution in [0.25, 0.3) is 0 Å². The summed E-state index contributed by atoms with van der Waals surface area (Å²) in [7, 11) is -1.64. The molecule has 20 radical (unpaired) electrons. The molecule has 0 atom stereocenters. The molecule has 4 aliphatic rings. The van der Waals surface area contributed by atoms with Gasteiger partial charge < -0.3 is 27.0 Å². The third-order valence-electron chi connectivity index (χ3n) is 11.7. The van der Waals surface area contributed by atoms with Crippen LogP contribution in [0.4, 0.5) is 0 Å². The first-order valence-electron chi connectivity index (χ1n) is 24.3. The summed E-state index contributed by atoms with van der Waals surface area (Å²) in [6.07, 6.45) is 34.8. The van der Waals surface area contributed by atoms with Gasteiger partial charge in [-0.05, 0) is 177 Å². The second-order valence-electron chi connectivity index (χ2n) is 16.6. The summed E-state index contributed by atoms with van der Waals surface area (Å²) in [5, 5.41) is 11.3. The maximum atomic E-state index is 2.23. The molecule has 0 unspecified atom stereocenters. The van der Waals surface area contributed by atoms with E-state index in [4.69, 9.17) is 0 Å². The molecule has 0 aromatic heterocycles. The van der Waals surface area contributed by atoms with E-state index in [1.807, 2.05) is 0 Å². The zero-order valence-corrected chi connectivity index (χ0v) is 54.5. The van der Waals surface area contributed by atoms with Crippen LogP contribution in [0.5, 0.6) is 0 Å². The molecule has 8 aromatic carbocycles. The third-order valence-corrected chi connectivity index (χ3v) is 21.5. The Bertz CT molecular complexity index is 2150. The zero-order chi connectivity index (χ0) is 48.8. The molecule has 0 aliphatic heterocycles. The normalized spacial score (nSPS) is 15.0. The van der Waals surface area contributed by atoms with Crippen molar-refractivity contribution in [2.24, 2.45) is 0 Å². The Morgan fingerprint density at radius 2 is 0.282 bits per heavy atom. The van der Waals surface area contributed by atoms with Gasteiger partial charge >= 0.3 is 21.1 Å². The van der Waals surface area contributed by atoms with Crippen molar-refractivity contribution in [2.75, 3.05) is 0 Å². The van der Waals surface area contributed by atoms with E-state index in [1.165, 1.54) is 65.1 Å². The van der Waals surface area contributed by atoms with Crippen LogP contribution < -0.4 is 42.4 Å². The summed E-state index contributed by atoms with van der Waals surface area (Å²) in [6, 6.07) is 86.2. The predicted molar refractivity (Wildman–Crippen MR) is 336 cm³/mol. The molecule has 0 nitrogen and oxygen atoms in total. The van der Waals surface area contributed by atoms with Crippen LogP contribution >= 0.6 is 31.7 Å². The summed E-state index contributed by atoms with van der Waals surface area (Å²) in [4.78, 5) is 0. The topological polar surface area (TPSA) is 0 Å². The van der Waals surface area contributed by atoms with Gasteiger partial charge in [0, 0.05) is 77.8 Å². The molecule has 0 spiro atoms. The van der Waals surface area contributed by atoms with E-state index >= 15 is 0 Å². The maximum absolute atomic E-state index is 2.23. The molecule has 0 N–H and O–H groups in total. The summed E-state index contributed by atoms with van der Waals surface area (Å²) in [5.74, 6) is 0. The van der Waals surface area contributed by atoms with Crippen LogP contribution in [0.3, 0.4) is 0 Å². The van der Waals surface area contributed by atoms with Gasteiger partial charge in [0.2, 0.25) is 0 Å². The van der Waals surface area contributed by atoms with Crippen molar-refractivity contribution >= 4 is 101 Å². The minimum Gasteiger partial charge on any atom is -0.813 e. The molecule has 4 aliphatic carbocycles. The number of hydrogen-bond acceptors (Lipinski definition) is 2. The van der Waals surface area contributed by atoms with Crippen molar-refractivity contribution in [1.82, 2.24) is 0 Å². The number of thiol groups is 2. The SMILES string of the molecule is [CH]1[CH][CH][C](P(c2ccccc2)c2ccccc2)[CH]1.[CH]1[CH][CH][C](P(c2ccccc2)c2ccccc2)[CH]1.[CH]1[CH][CH][C](P(c2ccccc2)c2ccccc2)[CH]1.[CH]1[CH][CH][C](P(c2ccccc2)c2ccccc2)[CH]1.[Fe].[Fe].[Pt+2].[Pt].[SH-].[SH-]. The van der Waals surface area contributed by atoms with E-state index in [0.717, 1.165) is 0 Å². The van der Waals surface area contributed by atoms with E-state index in [-0.39, 0.29) is 103 Å². The van der Waals surface area contributed by atoms with Gasteiger partial charge in [-0.3, -0.25) is 0 Å². The quantitative estimate of drug-likeness (QED) is 0.0517. The van der Waals surface area contributed by atoms with Gasteiger partial charge in [-0.25, -0.2) is 0 Å². The fourth-order valence-corrected chi connectivity index (χ4v) is 17.7. The van der Waals surface area contributed by atoms with Crippen molar-refractivity contribution in [3.63, 3.8) is 0 Å². The van der Waals surface area contributed by atoms with Crippen molar-refractivity contribution in [1.29, 1.82) is 0 Å². The summed E-state index contributed by atoms with van der Waals surface area (Å²) in [6.45, 7) is 0. The molecule has 0 saturated heterocycles. The molecular weight excluding hydrogens is 1510 g/mol. The molecule has 398 valence electrons. The first-order valence-corrected chi connectivity index (χ1v) is 29.6. The molecule has 10 heteroatoms. The Morgan fingerprint density at radius 3 is 0.385 bits per heavy atom. The molecule has 0 heterocycles. The fourth-order valence-electron chi connectivity index (χ4n) is 8.46. The Hall–Kier alpha value is -1.40. The van der Waals surface area contributed by atoms with Crippen LogP contribution in [-0.4, -0.2) is 0 Å². The van der Waals surface area contributed by atoms with Gasteiger partial charge in [0.05, 0.1) is 0 Å². The van der Waals surface area contributed by atoms with E-state index in [0.29, 0.717) is 0 Å². The van der Waals surface area contributed by atoms with Crippen LogP contribution in [0.15, 0.2) is 243 Å². The number of rotatable bonds is 12. The zero-order valence-electron chi connectivity index (χ0n) is 42.4. The molecule has 4 saturated carbocycles. The fraction of sp³-hybridized carbons (Fsp3) is 0. The Balaban J connectivity index is 0.000000267. The van der Waals surface area contributed by atoms with Crippen molar-refractivity contribution in [3.05, 3.63) is 368 Å². The van der Waals surface area contributed by atoms with Crippen molar-refractivity contribution in [2.45, 2.75) is 0 Å². The first-order chi connectivity index (χ1) is 35.8. The van der Waals surface area contributed by atoms with E-state index < -0.39 is 31.7 Å². The number of benzene rings is 8. The number of hydrogen-bond donors (Lipinski definition) is 0. The molecule has 78 heavy (non-hydrogen) atoms. The molecule has 4 fully saturated rings. The van der Waals surface area contributed by atoms with Gasteiger partial charge in [0.25, 0.3) is 0 Å². The van der Waals surface area contributed by atoms with Crippen LogP contribution in [0.2, 0.25) is 0 Å². The first kappa shape index (κ1) is 70.9. The largest absolute Gasteiger partial charge is 2.00 e. The monoisotopic (exact) mass is 1560 g/mol. The molecule has 0 bridgehead atoms. The second kappa shape index (κ2) is 40.0. The van der Waals surface area contributed by atoms with Crippen molar-refractivity contribution in [3.8, 4) is 0 Å². The van der Waals surface area contributed by atoms with Gasteiger partial charge in [-0.2, -0.15) is 0 Å². The Morgan fingerprint density at radius 1 is 0.179 bits per heavy atom. The van der Waals surface area contributed by atoms with E-state index in [2.05, 4.69) is 345 Å². The Labute approximate surface area is 539 Å². The van der Waals surface area contributed by atoms with Crippen molar-refractivity contribution < 1.29 is 76.3 Å². The van der Waals surface area contributed by atoms with E-state index in [9.17, 15) is 0 Å². The molecular formula is C68H58Fe2P4Pt2S2. The standard InChI is InChI=1S/4C17H14P.2Fe.2Pt.2H2S/c4*1-3-9-15(10-4-1)18(17-13-7-8-14-17)16-11-5-2-6-12-16;;;;;;/h4*1-14H;;;;;2*1H2/q;;;;;;;+2;;/p-2. The van der Waals surface area contributed by atoms with Crippen LogP contribution in [-0.2, 0) is 103 Å². The summed E-state index contributed by atoms with van der Waals surface area (Å²) in [5.41, 5.74) is 5.68. The van der Waals surface area contributed by atoms with Crippen LogP contribution in [0, 0.1) is 125 Å². The third kappa shape index (κ3) is 21.0. The minimum absolute atomic E-state index is 0. The van der Waals surface area contributed by atoms with Gasteiger partial charge in [-0.15, -0.1) is 0 Å². The average Bonchev–Trinajstić information content (AvgIpc) is 4.34.